The Morgan fingerprint density at radius 2 is 2.14 bits per heavy atom. The molecule has 0 saturated carbocycles. The Bertz CT molecular complexity index is 801. The van der Waals surface area contributed by atoms with Crippen molar-refractivity contribution in [2.24, 2.45) is 0 Å². The van der Waals surface area contributed by atoms with Gasteiger partial charge in [-0.1, -0.05) is 16.8 Å². The van der Waals surface area contributed by atoms with Crippen molar-refractivity contribution in [1.29, 1.82) is 0 Å². The van der Waals surface area contributed by atoms with E-state index in [1.807, 2.05) is 0 Å². The van der Waals surface area contributed by atoms with Gasteiger partial charge in [-0.15, -0.1) is 0 Å². The number of nitrogens with one attached hydrogen (secondary N) is 1. The van der Waals surface area contributed by atoms with Crippen LogP contribution in [0.15, 0.2) is 33.7 Å². The fourth-order valence-electron chi connectivity index (χ4n) is 1.65. The van der Waals surface area contributed by atoms with Crippen LogP contribution in [0.4, 0.5) is 0 Å². The maximum absolute atomic E-state index is 12.0. The van der Waals surface area contributed by atoms with Gasteiger partial charge in [0.2, 0.25) is 10.0 Å². The lowest BCUT2D eigenvalue weighted by Crippen LogP contribution is -2.19. The average Bonchev–Trinajstić information content (AvgIpc) is 2.90. The number of benzene rings is 1. The lowest BCUT2D eigenvalue weighted by atomic mass is 10.2. The van der Waals surface area contributed by atoms with Crippen molar-refractivity contribution in [3.05, 3.63) is 46.3 Å². The number of aromatic nitrogens is 1. The van der Waals surface area contributed by atoms with Crippen LogP contribution in [0.25, 0.3) is 0 Å². The van der Waals surface area contributed by atoms with Crippen molar-refractivity contribution in [3.8, 4) is 0 Å². The topological polar surface area (TPSA) is 98.5 Å². The minimum atomic E-state index is -3.68. The van der Waals surface area contributed by atoms with Crippen molar-refractivity contribution in [2.45, 2.75) is 18.4 Å². The summed E-state index contributed by atoms with van der Waals surface area (Å²) in [7, 11) is -2.41. The van der Waals surface area contributed by atoms with Gasteiger partial charge in [0.15, 0.2) is 0 Å². The zero-order valence-corrected chi connectivity index (χ0v) is 13.4. The van der Waals surface area contributed by atoms with Gasteiger partial charge >= 0.3 is 5.97 Å². The number of esters is 1. The molecule has 1 heterocycles. The third-order valence-corrected chi connectivity index (χ3v) is 4.51. The Balaban J connectivity index is 2.20. The third kappa shape index (κ3) is 3.65. The number of carbonyl (C=O) groups excluding carboxylic acids is 1. The fraction of sp³-hybridized carbons (Fsp3) is 0.231. The fourth-order valence-corrected chi connectivity index (χ4v) is 2.60. The van der Waals surface area contributed by atoms with Crippen LogP contribution in [-0.2, 0) is 21.4 Å². The van der Waals surface area contributed by atoms with E-state index >= 15 is 0 Å². The molecule has 1 aromatic heterocycles. The molecule has 0 saturated heterocycles. The molecule has 2 aromatic rings. The summed E-state index contributed by atoms with van der Waals surface area (Å²) in [6.45, 7) is 1.61. The lowest BCUT2D eigenvalue weighted by molar-refractivity contribution is 0.0464. The van der Waals surface area contributed by atoms with Gasteiger partial charge in [0.1, 0.15) is 18.1 Å². The molecular formula is C13H13ClN2O5S. The number of sulfonamides is 1. The number of ether oxygens (including phenoxy) is 1. The summed E-state index contributed by atoms with van der Waals surface area (Å²) in [5.41, 5.74) is 0.402. The molecule has 0 unspecified atom stereocenters. The van der Waals surface area contributed by atoms with E-state index in [0.29, 0.717) is 11.5 Å². The highest BCUT2D eigenvalue weighted by Gasteiger charge is 2.18. The summed E-state index contributed by atoms with van der Waals surface area (Å²) in [5.74, 6) is -0.162. The molecule has 0 radical (unpaired) electrons. The second kappa shape index (κ2) is 6.47. The van der Waals surface area contributed by atoms with E-state index in [-0.39, 0.29) is 22.1 Å². The molecule has 2 rings (SSSR count). The molecule has 7 nitrogen and oxygen atoms in total. The Morgan fingerprint density at radius 3 is 2.73 bits per heavy atom. The minimum absolute atomic E-state index is 0.0433. The highest BCUT2D eigenvalue weighted by atomic mass is 35.5. The molecule has 118 valence electrons. The van der Waals surface area contributed by atoms with E-state index in [2.05, 4.69) is 9.88 Å². The second-order valence-corrected chi connectivity index (χ2v) is 6.65. The van der Waals surface area contributed by atoms with Crippen LogP contribution >= 0.6 is 11.6 Å². The number of carbonyl (C=O) groups is 1. The molecule has 0 spiro atoms. The van der Waals surface area contributed by atoms with Gasteiger partial charge in [-0.2, -0.15) is 0 Å². The first-order chi connectivity index (χ1) is 10.3. The quantitative estimate of drug-likeness (QED) is 0.832. The Kier molecular flexibility index (Phi) is 4.84. The van der Waals surface area contributed by atoms with Gasteiger partial charge < -0.3 is 9.26 Å². The van der Waals surface area contributed by atoms with Crippen LogP contribution in [0.2, 0.25) is 5.02 Å². The summed E-state index contributed by atoms with van der Waals surface area (Å²) in [4.78, 5) is 12.0. The predicted molar refractivity (Wildman–Crippen MR) is 78.1 cm³/mol. The monoisotopic (exact) mass is 344 g/mol. The first-order valence-corrected chi connectivity index (χ1v) is 8.02. The van der Waals surface area contributed by atoms with Crippen molar-refractivity contribution in [2.75, 3.05) is 7.05 Å². The van der Waals surface area contributed by atoms with E-state index in [9.17, 15) is 13.2 Å². The first kappa shape index (κ1) is 16.5. The van der Waals surface area contributed by atoms with Crippen molar-refractivity contribution < 1.29 is 22.5 Å². The summed E-state index contributed by atoms with van der Waals surface area (Å²) < 4.78 is 35.5. The summed E-state index contributed by atoms with van der Waals surface area (Å²) in [6.07, 6.45) is 0. The number of halogens is 1. The number of nitrogens with zero attached hydrogens (tertiary/aromatic N) is 1. The zero-order valence-electron chi connectivity index (χ0n) is 11.8. The largest absolute Gasteiger partial charge is 0.455 e. The van der Waals surface area contributed by atoms with Crippen LogP contribution in [-0.4, -0.2) is 26.6 Å². The maximum Gasteiger partial charge on any atom is 0.340 e. The normalized spacial score (nSPS) is 11.4. The summed E-state index contributed by atoms with van der Waals surface area (Å²) in [6, 6.07) is 5.40. The van der Waals surface area contributed by atoms with Crippen LogP contribution in [0.5, 0.6) is 0 Å². The molecule has 0 atom stereocenters. The average molecular weight is 345 g/mol. The maximum atomic E-state index is 12.0. The van der Waals surface area contributed by atoms with E-state index < -0.39 is 16.0 Å². The predicted octanol–water partition coefficient (Wildman–Crippen LogP) is 1.90. The van der Waals surface area contributed by atoms with Gasteiger partial charge in [-0.25, -0.2) is 17.9 Å². The SMILES string of the molecule is CNS(=O)(=O)c1ccc(Cl)c(C(=O)OCc2cc(C)on2)c1. The smallest absolute Gasteiger partial charge is 0.340 e. The van der Waals surface area contributed by atoms with E-state index in [0.717, 1.165) is 6.07 Å². The summed E-state index contributed by atoms with van der Waals surface area (Å²) >= 11 is 5.92. The van der Waals surface area contributed by atoms with Crippen molar-refractivity contribution >= 4 is 27.6 Å². The molecule has 22 heavy (non-hydrogen) atoms. The van der Waals surface area contributed by atoms with Crippen LogP contribution in [0.3, 0.4) is 0 Å². The molecule has 1 N–H and O–H groups in total. The van der Waals surface area contributed by atoms with Crippen molar-refractivity contribution in [3.63, 3.8) is 0 Å². The van der Waals surface area contributed by atoms with Gasteiger partial charge in [0.25, 0.3) is 0 Å². The summed E-state index contributed by atoms with van der Waals surface area (Å²) in [5, 5.41) is 3.78. The van der Waals surface area contributed by atoms with Crippen molar-refractivity contribution in [1.82, 2.24) is 9.88 Å². The molecule has 0 fully saturated rings. The molecular weight excluding hydrogens is 332 g/mol. The third-order valence-electron chi connectivity index (χ3n) is 2.76. The minimum Gasteiger partial charge on any atom is -0.455 e. The number of hydrogen-bond donors (Lipinski definition) is 1. The molecule has 0 aliphatic rings. The second-order valence-electron chi connectivity index (χ2n) is 4.35. The highest BCUT2D eigenvalue weighted by molar-refractivity contribution is 7.89. The number of hydrogen-bond acceptors (Lipinski definition) is 6. The standard InChI is InChI=1S/C13H13ClN2O5S/c1-8-5-9(16-21-8)7-20-13(17)11-6-10(3-4-12(11)14)22(18,19)15-2/h3-6,15H,7H2,1-2H3. The first-order valence-electron chi connectivity index (χ1n) is 6.16. The Labute approximate surface area is 132 Å². The number of rotatable bonds is 5. The molecule has 9 heteroatoms. The molecule has 1 aromatic carbocycles. The van der Waals surface area contributed by atoms with Gasteiger partial charge in [0, 0.05) is 6.07 Å². The molecule has 0 aliphatic carbocycles. The van der Waals surface area contributed by atoms with Gasteiger partial charge in [0.05, 0.1) is 15.5 Å². The van der Waals surface area contributed by atoms with Crippen LogP contribution < -0.4 is 4.72 Å². The highest BCUT2D eigenvalue weighted by Crippen LogP contribution is 2.21. The van der Waals surface area contributed by atoms with E-state index in [4.69, 9.17) is 20.9 Å². The molecule has 0 amide bonds. The van der Waals surface area contributed by atoms with Gasteiger partial charge in [-0.05, 0) is 32.2 Å². The lowest BCUT2D eigenvalue weighted by Gasteiger charge is -2.07. The van der Waals surface area contributed by atoms with Crippen LogP contribution in [0, 0.1) is 6.92 Å². The van der Waals surface area contributed by atoms with E-state index in [1.165, 1.54) is 19.2 Å². The zero-order chi connectivity index (χ0) is 16.3. The van der Waals surface area contributed by atoms with E-state index in [1.54, 1.807) is 13.0 Å². The Morgan fingerprint density at radius 1 is 1.41 bits per heavy atom. The van der Waals surface area contributed by atoms with Crippen LogP contribution in [0.1, 0.15) is 21.8 Å². The molecule has 0 bridgehead atoms. The molecule has 0 aliphatic heterocycles. The van der Waals surface area contributed by atoms with Gasteiger partial charge in [-0.3, -0.25) is 0 Å². The Hall–Kier alpha value is -1.90. The number of aryl methyl sites for hydroxylation is 1.